The second-order valence-electron chi connectivity index (χ2n) is 6.55. The maximum atomic E-state index is 12.9. The summed E-state index contributed by atoms with van der Waals surface area (Å²) in [4.78, 5) is 38.5. The number of rotatable bonds is 7. The van der Waals surface area contributed by atoms with E-state index in [1.165, 1.54) is 13.2 Å². The number of hydrogen-bond acceptors (Lipinski definition) is 5. The van der Waals surface area contributed by atoms with Crippen LogP contribution in [0.15, 0.2) is 48.0 Å². The fraction of sp³-hybridized carbons (Fsp3) is 0.227. The normalized spacial score (nSPS) is 15.4. The van der Waals surface area contributed by atoms with Gasteiger partial charge >= 0.3 is 6.03 Å². The van der Waals surface area contributed by atoms with Crippen molar-refractivity contribution in [1.29, 1.82) is 0 Å². The lowest BCUT2D eigenvalue weighted by molar-refractivity contribution is -0.122. The third-order valence-corrected chi connectivity index (χ3v) is 4.75. The Morgan fingerprint density at radius 3 is 2.47 bits per heavy atom. The Hall–Kier alpha value is -3.32. The molecule has 1 saturated heterocycles. The molecule has 7 nitrogen and oxygen atoms in total. The van der Waals surface area contributed by atoms with Crippen LogP contribution in [-0.4, -0.2) is 31.6 Å². The number of ether oxygens (including phenoxy) is 2. The van der Waals surface area contributed by atoms with Crippen LogP contribution >= 0.6 is 11.6 Å². The number of carbonyl (C=O) groups excluding carboxylic acids is 3. The van der Waals surface area contributed by atoms with Crippen molar-refractivity contribution in [3.05, 3.63) is 58.6 Å². The first-order valence-corrected chi connectivity index (χ1v) is 9.80. The molecule has 0 aromatic heterocycles. The number of nitrogens with one attached hydrogen (secondary N) is 1. The van der Waals surface area contributed by atoms with E-state index in [9.17, 15) is 14.4 Å². The molecule has 30 heavy (non-hydrogen) atoms. The van der Waals surface area contributed by atoms with E-state index in [1.54, 1.807) is 42.5 Å². The number of urea groups is 1. The first-order chi connectivity index (χ1) is 14.4. The van der Waals surface area contributed by atoms with E-state index < -0.39 is 17.8 Å². The summed E-state index contributed by atoms with van der Waals surface area (Å²) in [5.74, 6) is -0.392. The van der Waals surface area contributed by atoms with Crippen LogP contribution in [0.4, 0.5) is 10.5 Å². The van der Waals surface area contributed by atoms with Crippen molar-refractivity contribution in [3.63, 3.8) is 0 Å². The molecule has 156 valence electrons. The van der Waals surface area contributed by atoms with Crippen LogP contribution in [0.5, 0.6) is 11.5 Å². The first-order valence-electron chi connectivity index (χ1n) is 9.42. The molecule has 4 amide bonds. The molecule has 1 heterocycles. The van der Waals surface area contributed by atoms with Gasteiger partial charge in [-0.3, -0.25) is 14.9 Å². The Morgan fingerprint density at radius 2 is 1.83 bits per heavy atom. The zero-order valence-electron chi connectivity index (χ0n) is 16.6. The number of hydrogen-bond donors (Lipinski definition) is 1. The lowest BCUT2D eigenvalue weighted by Crippen LogP contribution is -2.54. The minimum atomic E-state index is -0.811. The standard InChI is InChI=1S/C22H21ClN2O5/c1-3-4-11-30-16-8-6-15(7-9-16)25-21(27)17(20(26)24-22(25)28)12-14-5-10-19(29-2)18(23)13-14/h5-10,12-13H,3-4,11H2,1-2H3,(H,24,26,28)/b17-12-. The lowest BCUT2D eigenvalue weighted by atomic mass is 10.1. The zero-order valence-corrected chi connectivity index (χ0v) is 17.4. The van der Waals surface area contributed by atoms with Crippen molar-refractivity contribution in [1.82, 2.24) is 5.32 Å². The number of anilines is 1. The molecule has 0 aliphatic carbocycles. The fourth-order valence-electron chi connectivity index (χ4n) is 2.86. The summed E-state index contributed by atoms with van der Waals surface area (Å²) in [6, 6.07) is 10.6. The van der Waals surface area contributed by atoms with Crippen LogP contribution in [0.3, 0.4) is 0 Å². The van der Waals surface area contributed by atoms with Gasteiger partial charge in [-0.15, -0.1) is 0 Å². The zero-order chi connectivity index (χ0) is 21.7. The van der Waals surface area contributed by atoms with E-state index in [1.807, 2.05) is 0 Å². The number of carbonyl (C=O) groups is 3. The Labute approximate surface area is 179 Å². The molecule has 0 atom stereocenters. The summed E-state index contributed by atoms with van der Waals surface area (Å²) < 4.78 is 10.7. The second-order valence-corrected chi connectivity index (χ2v) is 6.95. The molecule has 1 aliphatic heterocycles. The van der Waals surface area contributed by atoms with Gasteiger partial charge in [0.2, 0.25) is 0 Å². The van der Waals surface area contributed by atoms with Gasteiger partial charge in [0.25, 0.3) is 11.8 Å². The molecule has 0 radical (unpaired) electrons. The van der Waals surface area contributed by atoms with Crippen LogP contribution in [0.2, 0.25) is 5.02 Å². The number of methoxy groups -OCH3 is 1. The molecule has 0 bridgehead atoms. The third-order valence-electron chi connectivity index (χ3n) is 4.45. The predicted octanol–water partition coefficient (Wildman–Crippen LogP) is 4.19. The molecule has 2 aromatic rings. The summed E-state index contributed by atoms with van der Waals surface area (Å²) in [7, 11) is 1.49. The van der Waals surface area contributed by atoms with Crippen LogP contribution < -0.4 is 19.7 Å². The van der Waals surface area contributed by atoms with Crippen molar-refractivity contribution >= 4 is 41.2 Å². The Balaban J connectivity index is 1.86. The molecule has 0 saturated carbocycles. The number of benzene rings is 2. The van der Waals surface area contributed by atoms with Crippen molar-refractivity contribution in [2.24, 2.45) is 0 Å². The Kier molecular flexibility index (Phi) is 6.74. The second kappa shape index (κ2) is 9.45. The average molecular weight is 429 g/mol. The largest absolute Gasteiger partial charge is 0.495 e. The molecule has 0 spiro atoms. The number of nitrogens with zero attached hydrogens (tertiary/aromatic N) is 1. The van der Waals surface area contributed by atoms with Gasteiger partial charge in [-0.1, -0.05) is 31.0 Å². The van der Waals surface area contributed by atoms with Gasteiger partial charge in [-0.05, 0) is 54.5 Å². The van der Waals surface area contributed by atoms with E-state index >= 15 is 0 Å². The van der Waals surface area contributed by atoms with Crippen molar-refractivity contribution < 1.29 is 23.9 Å². The molecule has 1 N–H and O–H groups in total. The minimum absolute atomic E-state index is 0.181. The van der Waals surface area contributed by atoms with Gasteiger partial charge in [-0.25, -0.2) is 9.69 Å². The molecule has 1 aliphatic rings. The highest BCUT2D eigenvalue weighted by Crippen LogP contribution is 2.28. The SMILES string of the molecule is CCCCOc1ccc(N2C(=O)NC(=O)/C(=C/c3ccc(OC)c(Cl)c3)C2=O)cc1. The van der Waals surface area contributed by atoms with Gasteiger partial charge in [0.05, 0.1) is 24.4 Å². The topological polar surface area (TPSA) is 84.9 Å². The van der Waals surface area contributed by atoms with Gasteiger partial charge in [-0.2, -0.15) is 0 Å². The molecule has 2 aromatic carbocycles. The number of barbiturate groups is 1. The van der Waals surface area contributed by atoms with Crippen LogP contribution in [0.25, 0.3) is 6.08 Å². The number of amides is 4. The van der Waals surface area contributed by atoms with Crippen LogP contribution in [0.1, 0.15) is 25.3 Å². The molecule has 8 heteroatoms. The number of unbranched alkanes of at least 4 members (excludes halogenated alkanes) is 1. The molecule has 3 rings (SSSR count). The van der Waals surface area contributed by atoms with E-state index in [0.29, 0.717) is 34.4 Å². The van der Waals surface area contributed by atoms with Crippen LogP contribution in [0, 0.1) is 0 Å². The first kappa shape index (κ1) is 21.4. The third kappa shape index (κ3) is 4.63. The van der Waals surface area contributed by atoms with Gasteiger partial charge in [0, 0.05) is 0 Å². The monoisotopic (exact) mass is 428 g/mol. The molecule has 1 fully saturated rings. The number of halogens is 1. The quantitative estimate of drug-likeness (QED) is 0.406. The molecular weight excluding hydrogens is 408 g/mol. The highest BCUT2D eigenvalue weighted by molar-refractivity contribution is 6.39. The van der Waals surface area contributed by atoms with Gasteiger partial charge < -0.3 is 9.47 Å². The minimum Gasteiger partial charge on any atom is -0.495 e. The predicted molar refractivity (Wildman–Crippen MR) is 114 cm³/mol. The summed E-state index contributed by atoms with van der Waals surface area (Å²) in [6.45, 7) is 2.66. The van der Waals surface area contributed by atoms with Crippen LogP contribution in [-0.2, 0) is 9.59 Å². The number of imide groups is 2. The summed E-state index contributed by atoms with van der Waals surface area (Å²) in [6.07, 6.45) is 3.33. The smallest absolute Gasteiger partial charge is 0.335 e. The maximum Gasteiger partial charge on any atom is 0.335 e. The van der Waals surface area contributed by atoms with Gasteiger partial charge in [0.15, 0.2) is 0 Å². The Bertz CT molecular complexity index is 1000. The van der Waals surface area contributed by atoms with E-state index in [2.05, 4.69) is 12.2 Å². The van der Waals surface area contributed by atoms with Gasteiger partial charge in [0.1, 0.15) is 17.1 Å². The maximum absolute atomic E-state index is 12.9. The van der Waals surface area contributed by atoms with E-state index in [0.717, 1.165) is 17.7 Å². The molecule has 0 unspecified atom stereocenters. The van der Waals surface area contributed by atoms with E-state index in [-0.39, 0.29) is 5.57 Å². The molecular formula is C22H21ClN2O5. The fourth-order valence-corrected chi connectivity index (χ4v) is 3.12. The lowest BCUT2D eigenvalue weighted by Gasteiger charge is -2.26. The summed E-state index contributed by atoms with van der Waals surface area (Å²) in [5.41, 5.74) is 0.666. The van der Waals surface area contributed by atoms with E-state index in [4.69, 9.17) is 21.1 Å². The summed E-state index contributed by atoms with van der Waals surface area (Å²) in [5, 5.41) is 2.53. The average Bonchev–Trinajstić information content (AvgIpc) is 2.72. The Morgan fingerprint density at radius 1 is 1.10 bits per heavy atom. The van der Waals surface area contributed by atoms with Crippen molar-refractivity contribution in [2.45, 2.75) is 19.8 Å². The highest BCUT2D eigenvalue weighted by Gasteiger charge is 2.36. The van der Waals surface area contributed by atoms with Crippen molar-refractivity contribution in [3.8, 4) is 11.5 Å². The van der Waals surface area contributed by atoms with Crippen molar-refractivity contribution in [2.75, 3.05) is 18.6 Å². The highest BCUT2D eigenvalue weighted by atomic mass is 35.5. The summed E-state index contributed by atoms with van der Waals surface area (Å²) >= 11 is 6.11.